The average Bonchev–Trinajstić information content (AvgIpc) is 2.18. The third-order valence-electron chi connectivity index (χ3n) is 3.29. The molecule has 1 saturated carbocycles. The van der Waals surface area contributed by atoms with Crippen LogP contribution >= 0.6 is 11.8 Å². The number of rotatable bonds is 4. The molecule has 2 N–H and O–H groups in total. The number of hydrogen-bond acceptors (Lipinski definition) is 2. The fourth-order valence-corrected chi connectivity index (χ4v) is 6.07. The van der Waals surface area contributed by atoms with Crippen molar-refractivity contribution in [1.82, 2.24) is 0 Å². The second-order valence-electron chi connectivity index (χ2n) is 4.35. The van der Waals surface area contributed by atoms with Gasteiger partial charge in [0.25, 0.3) is 0 Å². The van der Waals surface area contributed by atoms with Crippen LogP contribution in [0.2, 0.25) is 0 Å². The van der Waals surface area contributed by atoms with E-state index in [4.69, 9.17) is 5.73 Å². The van der Waals surface area contributed by atoms with Crippen LogP contribution in [0.25, 0.3) is 0 Å². The molecule has 0 amide bonds. The minimum Gasteiger partial charge on any atom is -1.00 e. The van der Waals surface area contributed by atoms with Gasteiger partial charge in [-0.25, -0.2) is 0 Å². The van der Waals surface area contributed by atoms with E-state index in [9.17, 15) is 0 Å². The van der Waals surface area contributed by atoms with Crippen LogP contribution in [0, 0.1) is 11.8 Å². The summed E-state index contributed by atoms with van der Waals surface area (Å²) in [7, 11) is 0. The van der Waals surface area contributed by atoms with Crippen LogP contribution in [-0.4, -0.2) is 37.6 Å². The topological polar surface area (TPSA) is 26.0 Å². The molecule has 0 aliphatic heterocycles. The average molecular weight is 425 g/mol. The van der Waals surface area contributed by atoms with Crippen LogP contribution in [0.4, 0.5) is 0 Å². The van der Waals surface area contributed by atoms with E-state index < -0.39 is 0 Å². The molecule has 102 valence electrons. The Morgan fingerprint density at radius 1 is 1.18 bits per heavy atom. The van der Waals surface area contributed by atoms with E-state index in [1.807, 2.05) is 0 Å². The zero-order valence-electron chi connectivity index (χ0n) is 10.5. The number of hydrogen-bond donors (Lipinski definition) is 1. The van der Waals surface area contributed by atoms with Crippen molar-refractivity contribution >= 4 is 34.3 Å². The fourth-order valence-electron chi connectivity index (χ4n) is 2.52. The Morgan fingerprint density at radius 3 is 2.06 bits per heavy atom. The van der Waals surface area contributed by atoms with Crippen LogP contribution in [0.15, 0.2) is 0 Å². The van der Waals surface area contributed by atoms with Crippen molar-refractivity contribution in [3.8, 4) is 0 Å². The van der Waals surface area contributed by atoms with E-state index in [1.54, 1.807) is 22.5 Å². The van der Waals surface area contributed by atoms with Gasteiger partial charge in [0.15, 0.2) is 0 Å². The molecule has 1 rings (SSSR count). The van der Waals surface area contributed by atoms with Crippen molar-refractivity contribution in [3.63, 3.8) is 0 Å². The van der Waals surface area contributed by atoms with Crippen molar-refractivity contribution in [2.45, 2.75) is 48.8 Å². The molecule has 6 heteroatoms. The van der Waals surface area contributed by atoms with Crippen molar-refractivity contribution in [2.75, 3.05) is 5.75 Å². The summed E-state index contributed by atoms with van der Waals surface area (Å²) in [6, 6.07) is 0.403. The van der Waals surface area contributed by atoms with E-state index in [0.717, 1.165) is 15.1 Å². The van der Waals surface area contributed by atoms with Crippen LogP contribution in [-0.2, 0) is 0 Å². The zero-order valence-corrected chi connectivity index (χ0v) is 16.4. The Labute approximate surface area is 143 Å². The molecule has 0 heterocycles. The molecular formula is C11H22Cl3NSSn. The van der Waals surface area contributed by atoms with Gasteiger partial charge in [-0.05, 0) is 0 Å². The van der Waals surface area contributed by atoms with Gasteiger partial charge in [0.05, 0.1) is 0 Å². The Balaban J connectivity index is -0.000000653. The van der Waals surface area contributed by atoms with Gasteiger partial charge in [-0.1, -0.05) is 0 Å². The van der Waals surface area contributed by atoms with Gasteiger partial charge < -0.3 is 37.2 Å². The molecule has 1 aliphatic rings. The van der Waals surface area contributed by atoms with E-state index in [2.05, 4.69) is 25.6 Å². The Bertz CT molecular complexity index is 175. The van der Waals surface area contributed by atoms with Gasteiger partial charge in [0, 0.05) is 0 Å². The van der Waals surface area contributed by atoms with Gasteiger partial charge in [0.1, 0.15) is 0 Å². The predicted octanol–water partition coefficient (Wildman–Crippen LogP) is -6.60. The second kappa shape index (κ2) is 13.0. The number of nitrogens with two attached hydrogens (primary N) is 1. The van der Waals surface area contributed by atoms with Crippen LogP contribution < -0.4 is 43.0 Å². The Hall–Kier alpha value is 1.98. The van der Waals surface area contributed by atoms with E-state index in [-0.39, 0.29) is 37.2 Å². The van der Waals surface area contributed by atoms with Crippen molar-refractivity contribution in [2.24, 2.45) is 17.6 Å². The second-order valence-corrected chi connectivity index (χ2v) is 8.74. The summed E-state index contributed by atoms with van der Waals surface area (Å²) in [4.78, 5) is 0. The molecule has 0 bridgehead atoms. The van der Waals surface area contributed by atoms with Crippen molar-refractivity contribution < 1.29 is 37.2 Å². The maximum absolute atomic E-state index is 6.09. The third-order valence-corrected chi connectivity index (χ3v) is 6.98. The summed E-state index contributed by atoms with van der Waals surface area (Å²) >= 11 is 3.85. The SMILES string of the molecule is CCS[CH]([Sn+3])C1CCCCC1C(C)N.[Cl-].[Cl-].[Cl-]. The molecular weight excluding hydrogens is 403 g/mol. The number of halogens is 3. The van der Waals surface area contributed by atoms with Gasteiger partial charge in [0.2, 0.25) is 0 Å². The van der Waals surface area contributed by atoms with Gasteiger partial charge in [-0.2, -0.15) is 0 Å². The molecule has 0 aromatic carbocycles. The van der Waals surface area contributed by atoms with Gasteiger partial charge >= 0.3 is 106 Å². The molecule has 0 aromatic rings. The molecule has 0 saturated heterocycles. The molecule has 17 heavy (non-hydrogen) atoms. The van der Waals surface area contributed by atoms with Gasteiger partial charge in [-0.15, -0.1) is 0 Å². The van der Waals surface area contributed by atoms with Gasteiger partial charge in [-0.3, -0.25) is 0 Å². The maximum atomic E-state index is 6.09. The molecule has 4 unspecified atom stereocenters. The summed E-state index contributed by atoms with van der Waals surface area (Å²) < 4.78 is 0.892. The minimum atomic E-state index is 0. The molecule has 0 radical (unpaired) electrons. The van der Waals surface area contributed by atoms with Crippen LogP contribution in [0.3, 0.4) is 0 Å². The third kappa shape index (κ3) is 7.98. The first-order valence-corrected chi connectivity index (χ1v) is 8.44. The normalized spacial score (nSPS) is 26.9. The van der Waals surface area contributed by atoms with E-state index >= 15 is 0 Å². The minimum absolute atomic E-state index is 0. The van der Waals surface area contributed by atoms with E-state index in [0.29, 0.717) is 6.04 Å². The maximum Gasteiger partial charge on any atom is -1.00 e. The van der Waals surface area contributed by atoms with Crippen molar-refractivity contribution in [1.29, 1.82) is 0 Å². The number of thioether (sulfide) groups is 1. The summed E-state index contributed by atoms with van der Waals surface area (Å²) in [6.45, 7) is 4.47. The Morgan fingerprint density at radius 2 is 1.65 bits per heavy atom. The molecule has 4 atom stereocenters. The molecule has 1 nitrogen and oxygen atoms in total. The molecule has 1 fully saturated rings. The standard InChI is InChI=1S/C11H22NS.3ClH.Sn/c1-3-13-8-10-6-4-5-7-11(10)9(2)12;;;;/h8-11H,3-7,12H2,1-2H3;3*1H;/q;;;;+3/p-3. The summed E-state index contributed by atoms with van der Waals surface area (Å²) in [5.41, 5.74) is 6.09. The summed E-state index contributed by atoms with van der Waals surface area (Å²) in [5.74, 6) is 2.97. The van der Waals surface area contributed by atoms with E-state index in [1.165, 1.54) is 31.4 Å². The fraction of sp³-hybridized carbons (Fsp3) is 1.00. The monoisotopic (exact) mass is 425 g/mol. The first kappa shape index (κ1) is 24.0. The first-order chi connectivity index (χ1) is 6.66. The van der Waals surface area contributed by atoms with Crippen LogP contribution in [0.1, 0.15) is 39.5 Å². The first-order valence-electron chi connectivity index (χ1n) is 5.75. The molecule has 0 aromatic heterocycles. The van der Waals surface area contributed by atoms with Crippen LogP contribution in [0.5, 0.6) is 0 Å². The summed E-state index contributed by atoms with van der Waals surface area (Å²) in [5, 5.41) is 0. The largest absolute Gasteiger partial charge is 1.00 e. The zero-order chi connectivity index (χ0) is 10.6. The quantitative estimate of drug-likeness (QED) is 0.454. The Kier molecular flexibility index (Phi) is 18.4. The van der Waals surface area contributed by atoms with Crippen molar-refractivity contribution in [3.05, 3.63) is 0 Å². The summed E-state index contributed by atoms with van der Waals surface area (Å²) in [6.07, 6.45) is 5.64. The predicted molar refractivity (Wildman–Crippen MR) is 66.8 cm³/mol. The molecule has 1 aliphatic carbocycles. The smallest absolute Gasteiger partial charge is 1.00 e. The molecule has 0 spiro atoms.